The van der Waals surface area contributed by atoms with Gasteiger partial charge in [0.25, 0.3) is 0 Å². The molecule has 0 radical (unpaired) electrons. The molecule has 1 rings (SSSR count). The van der Waals surface area contributed by atoms with E-state index in [0.29, 0.717) is 38.1 Å². The number of aryl methyl sites for hydroxylation is 1. The van der Waals surface area contributed by atoms with Gasteiger partial charge in [0, 0.05) is 40.6 Å². The van der Waals surface area contributed by atoms with Gasteiger partial charge in [-0.3, -0.25) is 4.79 Å². The topological polar surface area (TPSA) is 86.5 Å². The number of nitrogens with zero attached hydrogens (tertiary/aromatic N) is 4. The maximum Gasteiger partial charge on any atom is 0.360 e. The van der Waals surface area contributed by atoms with Crippen LogP contribution in [0.15, 0.2) is 0 Å². The van der Waals surface area contributed by atoms with Gasteiger partial charge in [0.1, 0.15) is 0 Å². The van der Waals surface area contributed by atoms with Crippen LogP contribution in [0.3, 0.4) is 0 Å². The van der Waals surface area contributed by atoms with Gasteiger partial charge in [0.2, 0.25) is 5.91 Å². The molecule has 0 unspecified atom stereocenters. The number of hydrogen-bond donors (Lipinski definition) is 0. The molecule has 0 spiro atoms. The maximum atomic E-state index is 11.6. The van der Waals surface area contributed by atoms with Gasteiger partial charge in [0.05, 0.1) is 19.4 Å². The Hall–Kier alpha value is -1.96. The van der Waals surface area contributed by atoms with E-state index in [0.717, 1.165) is 0 Å². The molecular weight excluding hydrogens is 276 g/mol. The quantitative estimate of drug-likeness (QED) is 0.634. The molecule has 1 aromatic heterocycles. The molecule has 1 amide bonds. The van der Waals surface area contributed by atoms with Gasteiger partial charge < -0.3 is 14.4 Å². The largest absolute Gasteiger partial charge is 0.464 e. The molecule has 0 N–H and O–H groups in total. The van der Waals surface area contributed by atoms with Crippen molar-refractivity contribution < 1.29 is 19.1 Å². The molecule has 0 bridgehead atoms. The van der Waals surface area contributed by atoms with Crippen LogP contribution in [0.1, 0.15) is 29.0 Å². The fraction of sp³-hybridized carbons (Fsp3) is 0.692. The van der Waals surface area contributed by atoms with Gasteiger partial charge in [0.15, 0.2) is 5.69 Å². The second kappa shape index (κ2) is 8.35. The van der Waals surface area contributed by atoms with Crippen LogP contribution in [-0.4, -0.2) is 66.7 Å². The highest BCUT2D eigenvalue weighted by atomic mass is 16.5. The van der Waals surface area contributed by atoms with Crippen molar-refractivity contribution in [3.05, 3.63) is 11.4 Å². The van der Waals surface area contributed by atoms with Gasteiger partial charge in [-0.15, -0.1) is 5.10 Å². The fourth-order valence-electron chi connectivity index (χ4n) is 1.82. The highest BCUT2D eigenvalue weighted by Crippen LogP contribution is 2.10. The summed E-state index contributed by atoms with van der Waals surface area (Å²) in [5.41, 5.74) is 0.870. The Morgan fingerprint density at radius 2 is 2.00 bits per heavy atom. The zero-order valence-electron chi connectivity index (χ0n) is 13.0. The fourth-order valence-corrected chi connectivity index (χ4v) is 1.82. The molecule has 0 fully saturated rings. The van der Waals surface area contributed by atoms with Crippen LogP contribution < -0.4 is 0 Å². The van der Waals surface area contributed by atoms with E-state index in [4.69, 9.17) is 4.74 Å². The normalized spacial score (nSPS) is 10.5. The number of rotatable bonds is 8. The molecule has 0 atom stereocenters. The van der Waals surface area contributed by atoms with E-state index < -0.39 is 5.97 Å². The number of carbonyl (C=O) groups excluding carboxylic acids is 2. The lowest BCUT2D eigenvalue weighted by Gasteiger charge is -2.10. The molecule has 8 nitrogen and oxygen atoms in total. The summed E-state index contributed by atoms with van der Waals surface area (Å²) < 4.78 is 11.4. The summed E-state index contributed by atoms with van der Waals surface area (Å²) in [4.78, 5) is 24.7. The van der Waals surface area contributed by atoms with Crippen molar-refractivity contribution in [1.82, 2.24) is 19.9 Å². The Labute approximate surface area is 124 Å². The van der Waals surface area contributed by atoms with Crippen molar-refractivity contribution in [1.29, 1.82) is 0 Å². The van der Waals surface area contributed by atoms with Crippen LogP contribution in [0.2, 0.25) is 0 Å². The molecule has 1 heterocycles. The number of methoxy groups -OCH3 is 2. The monoisotopic (exact) mass is 298 g/mol. The molecule has 0 aromatic carbocycles. The van der Waals surface area contributed by atoms with Crippen LogP contribution in [0.5, 0.6) is 0 Å². The summed E-state index contributed by atoms with van der Waals surface area (Å²) in [7, 11) is 6.33. The first-order valence-corrected chi connectivity index (χ1v) is 6.71. The first-order chi connectivity index (χ1) is 10.0. The Balaban J connectivity index is 2.74. The average molecular weight is 298 g/mol. The predicted octanol–water partition coefficient (Wildman–Crippen LogP) is 0.122. The van der Waals surface area contributed by atoms with Crippen molar-refractivity contribution in [3.63, 3.8) is 0 Å². The minimum atomic E-state index is -0.517. The van der Waals surface area contributed by atoms with Crippen molar-refractivity contribution in [2.24, 2.45) is 0 Å². The average Bonchev–Trinajstić information content (AvgIpc) is 2.86. The van der Waals surface area contributed by atoms with E-state index in [-0.39, 0.29) is 11.6 Å². The van der Waals surface area contributed by atoms with Crippen LogP contribution in [0.4, 0.5) is 0 Å². The third-order valence-electron chi connectivity index (χ3n) is 3.02. The van der Waals surface area contributed by atoms with Gasteiger partial charge in [-0.25, -0.2) is 9.48 Å². The highest BCUT2D eigenvalue weighted by Gasteiger charge is 2.20. The molecule has 21 heavy (non-hydrogen) atoms. The number of esters is 1. The van der Waals surface area contributed by atoms with Crippen LogP contribution >= 0.6 is 0 Å². The zero-order valence-corrected chi connectivity index (χ0v) is 13.0. The number of ether oxygens (including phenoxy) is 2. The molecule has 8 heteroatoms. The van der Waals surface area contributed by atoms with E-state index in [1.165, 1.54) is 7.11 Å². The second-order valence-corrected chi connectivity index (χ2v) is 4.73. The number of aromatic nitrogens is 3. The third kappa shape index (κ3) is 4.82. The van der Waals surface area contributed by atoms with Crippen molar-refractivity contribution >= 4 is 11.9 Å². The van der Waals surface area contributed by atoms with E-state index in [9.17, 15) is 9.59 Å². The summed E-state index contributed by atoms with van der Waals surface area (Å²) in [6, 6.07) is 0. The van der Waals surface area contributed by atoms with Crippen LogP contribution in [0.25, 0.3) is 0 Å². The molecular formula is C13H22N4O4. The lowest BCUT2D eigenvalue weighted by molar-refractivity contribution is -0.128. The smallest absolute Gasteiger partial charge is 0.360 e. The van der Waals surface area contributed by atoms with E-state index in [1.54, 1.807) is 30.8 Å². The zero-order chi connectivity index (χ0) is 15.8. The van der Waals surface area contributed by atoms with Gasteiger partial charge in [-0.1, -0.05) is 5.21 Å². The molecule has 0 aliphatic heterocycles. The molecule has 0 aliphatic carbocycles. The lowest BCUT2D eigenvalue weighted by Crippen LogP contribution is -2.22. The van der Waals surface area contributed by atoms with Crippen molar-refractivity contribution in [2.75, 3.05) is 34.9 Å². The Morgan fingerprint density at radius 1 is 1.29 bits per heavy atom. The molecule has 0 saturated carbocycles. The maximum absolute atomic E-state index is 11.6. The summed E-state index contributed by atoms with van der Waals surface area (Å²) >= 11 is 0. The van der Waals surface area contributed by atoms with E-state index >= 15 is 0 Å². The SMILES string of the molecule is COCCc1c(C(=O)OC)nnn1CCCC(=O)N(C)C. The van der Waals surface area contributed by atoms with Crippen LogP contribution in [0, 0.1) is 0 Å². The van der Waals surface area contributed by atoms with Gasteiger partial charge in [-0.05, 0) is 6.42 Å². The number of amides is 1. The predicted molar refractivity (Wildman–Crippen MR) is 74.9 cm³/mol. The Bertz CT molecular complexity index is 485. The van der Waals surface area contributed by atoms with E-state index in [1.807, 2.05) is 0 Å². The standard InChI is InChI=1S/C13H22N4O4/c1-16(2)11(18)6-5-8-17-10(7-9-20-3)12(14-15-17)13(19)21-4/h5-9H2,1-4H3. The summed E-state index contributed by atoms with van der Waals surface area (Å²) in [5.74, 6) is -0.460. The Morgan fingerprint density at radius 3 is 2.57 bits per heavy atom. The minimum absolute atomic E-state index is 0.0572. The molecule has 1 aromatic rings. The van der Waals surface area contributed by atoms with Gasteiger partial charge >= 0.3 is 5.97 Å². The summed E-state index contributed by atoms with van der Waals surface area (Å²) in [6.45, 7) is 0.969. The highest BCUT2D eigenvalue weighted by molar-refractivity contribution is 5.88. The first kappa shape index (κ1) is 17.1. The van der Waals surface area contributed by atoms with Crippen LogP contribution in [-0.2, 0) is 27.2 Å². The second-order valence-electron chi connectivity index (χ2n) is 4.73. The van der Waals surface area contributed by atoms with Crippen molar-refractivity contribution in [3.8, 4) is 0 Å². The molecule has 0 aliphatic rings. The first-order valence-electron chi connectivity index (χ1n) is 6.71. The number of carbonyl (C=O) groups is 2. The molecule has 0 saturated heterocycles. The Kier molecular flexibility index (Phi) is 6.80. The minimum Gasteiger partial charge on any atom is -0.464 e. The summed E-state index contributed by atoms with van der Waals surface area (Å²) in [6.07, 6.45) is 1.56. The van der Waals surface area contributed by atoms with Gasteiger partial charge in [-0.2, -0.15) is 0 Å². The molecule has 118 valence electrons. The van der Waals surface area contributed by atoms with E-state index in [2.05, 4.69) is 15.0 Å². The summed E-state index contributed by atoms with van der Waals surface area (Å²) in [5, 5.41) is 7.83. The number of hydrogen-bond acceptors (Lipinski definition) is 6. The lowest BCUT2D eigenvalue weighted by atomic mass is 10.2. The van der Waals surface area contributed by atoms with Crippen molar-refractivity contribution in [2.45, 2.75) is 25.8 Å². The third-order valence-corrected chi connectivity index (χ3v) is 3.02.